The van der Waals surface area contributed by atoms with Gasteiger partial charge < -0.3 is 15.3 Å². The van der Waals surface area contributed by atoms with E-state index in [0.717, 1.165) is 12.0 Å². The first-order valence-electron chi connectivity index (χ1n) is 6.76. The minimum Gasteiger partial charge on any atom is -0.481 e. The average molecular weight is 277 g/mol. The number of amides is 2. The molecule has 2 heterocycles. The lowest BCUT2D eigenvalue weighted by molar-refractivity contribution is -0.143. The van der Waals surface area contributed by atoms with Gasteiger partial charge in [0.2, 0.25) is 0 Å². The molecule has 1 aliphatic heterocycles. The Labute approximate surface area is 117 Å². The number of piperidine rings is 1. The van der Waals surface area contributed by atoms with E-state index in [-0.39, 0.29) is 18.6 Å². The molecule has 0 bridgehead atoms. The SMILES string of the molecule is CC(NC(=O)N1CCCC(C(=O)O)C1)c1cccnc1. The third-order valence-electron chi connectivity index (χ3n) is 3.58. The Bertz CT molecular complexity index is 478. The van der Waals surface area contributed by atoms with Crippen molar-refractivity contribution in [1.82, 2.24) is 15.2 Å². The quantitative estimate of drug-likeness (QED) is 0.880. The molecule has 1 aromatic rings. The van der Waals surface area contributed by atoms with E-state index in [4.69, 9.17) is 5.11 Å². The summed E-state index contributed by atoms with van der Waals surface area (Å²) in [6, 6.07) is 3.35. The first-order chi connectivity index (χ1) is 9.58. The standard InChI is InChI=1S/C14H19N3O3/c1-10(11-4-2-6-15-8-11)16-14(20)17-7-3-5-12(9-17)13(18)19/h2,4,6,8,10,12H,3,5,7,9H2,1H3,(H,16,20)(H,18,19). The Morgan fingerprint density at radius 1 is 1.55 bits per heavy atom. The fraction of sp³-hybridized carbons (Fsp3) is 0.500. The lowest BCUT2D eigenvalue weighted by Gasteiger charge is -2.31. The summed E-state index contributed by atoms with van der Waals surface area (Å²) < 4.78 is 0. The van der Waals surface area contributed by atoms with Gasteiger partial charge >= 0.3 is 12.0 Å². The van der Waals surface area contributed by atoms with Gasteiger partial charge in [0.25, 0.3) is 0 Å². The minimum absolute atomic E-state index is 0.151. The maximum absolute atomic E-state index is 12.2. The molecule has 6 heteroatoms. The van der Waals surface area contributed by atoms with Crippen molar-refractivity contribution in [3.8, 4) is 0 Å². The molecule has 2 amide bonds. The zero-order valence-corrected chi connectivity index (χ0v) is 11.5. The number of likely N-dealkylation sites (tertiary alicyclic amines) is 1. The van der Waals surface area contributed by atoms with Crippen molar-refractivity contribution in [2.75, 3.05) is 13.1 Å². The maximum atomic E-state index is 12.2. The summed E-state index contributed by atoms with van der Waals surface area (Å²) in [5.41, 5.74) is 0.924. The van der Waals surface area contributed by atoms with Crippen molar-refractivity contribution in [3.63, 3.8) is 0 Å². The highest BCUT2D eigenvalue weighted by Crippen LogP contribution is 2.18. The molecule has 108 valence electrons. The van der Waals surface area contributed by atoms with Crippen molar-refractivity contribution in [3.05, 3.63) is 30.1 Å². The number of aromatic nitrogens is 1. The van der Waals surface area contributed by atoms with Gasteiger partial charge in [-0.2, -0.15) is 0 Å². The highest BCUT2D eigenvalue weighted by atomic mass is 16.4. The number of carboxylic acids is 1. The van der Waals surface area contributed by atoms with Crippen LogP contribution in [-0.4, -0.2) is 40.1 Å². The van der Waals surface area contributed by atoms with Crippen molar-refractivity contribution in [2.24, 2.45) is 5.92 Å². The number of hydrogen-bond acceptors (Lipinski definition) is 3. The molecule has 0 aromatic carbocycles. The summed E-state index contributed by atoms with van der Waals surface area (Å²) in [6.45, 7) is 2.77. The predicted octanol–water partition coefficient (Wildman–Crippen LogP) is 1.65. The molecule has 1 fully saturated rings. The molecule has 1 saturated heterocycles. The van der Waals surface area contributed by atoms with Gasteiger partial charge in [0.05, 0.1) is 12.0 Å². The van der Waals surface area contributed by atoms with E-state index in [1.165, 1.54) is 0 Å². The van der Waals surface area contributed by atoms with Gasteiger partial charge in [0, 0.05) is 25.5 Å². The molecule has 20 heavy (non-hydrogen) atoms. The first kappa shape index (κ1) is 14.3. The van der Waals surface area contributed by atoms with E-state index in [2.05, 4.69) is 10.3 Å². The largest absolute Gasteiger partial charge is 0.481 e. The number of aliphatic carboxylic acids is 1. The van der Waals surface area contributed by atoms with Gasteiger partial charge in [0.1, 0.15) is 0 Å². The number of nitrogens with one attached hydrogen (secondary N) is 1. The summed E-state index contributed by atoms with van der Waals surface area (Å²) >= 11 is 0. The number of rotatable bonds is 3. The Kier molecular flexibility index (Phi) is 4.55. The summed E-state index contributed by atoms with van der Waals surface area (Å²) in [7, 11) is 0. The van der Waals surface area contributed by atoms with Gasteiger partial charge in [-0.25, -0.2) is 4.79 Å². The Morgan fingerprint density at radius 2 is 2.35 bits per heavy atom. The highest BCUT2D eigenvalue weighted by molar-refractivity contribution is 5.76. The number of hydrogen-bond donors (Lipinski definition) is 2. The lowest BCUT2D eigenvalue weighted by atomic mass is 9.99. The molecule has 2 unspecified atom stereocenters. The molecule has 0 aliphatic carbocycles. The normalized spacial score (nSPS) is 20.2. The van der Waals surface area contributed by atoms with E-state index in [0.29, 0.717) is 13.0 Å². The third-order valence-corrected chi connectivity index (χ3v) is 3.58. The second-order valence-corrected chi connectivity index (χ2v) is 5.08. The minimum atomic E-state index is -0.831. The van der Waals surface area contributed by atoms with Crippen LogP contribution in [0.25, 0.3) is 0 Å². The number of carbonyl (C=O) groups excluding carboxylic acids is 1. The van der Waals surface area contributed by atoms with Crippen LogP contribution in [0.1, 0.15) is 31.4 Å². The van der Waals surface area contributed by atoms with E-state index in [9.17, 15) is 9.59 Å². The first-order valence-corrected chi connectivity index (χ1v) is 6.76. The number of pyridine rings is 1. The van der Waals surface area contributed by atoms with E-state index in [1.807, 2.05) is 19.1 Å². The topological polar surface area (TPSA) is 82.5 Å². The molecule has 0 saturated carbocycles. The molecule has 2 rings (SSSR count). The molecule has 6 nitrogen and oxygen atoms in total. The van der Waals surface area contributed by atoms with Gasteiger partial charge in [0.15, 0.2) is 0 Å². The molecular formula is C14H19N3O3. The van der Waals surface area contributed by atoms with Crippen molar-refractivity contribution in [2.45, 2.75) is 25.8 Å². The van der Waals surface area contributed by atoms with E-state index >= 15 is 0 Å². The van der Waals surface area contributed by atoms with Crippen molar-refractivity contribution >= 4 is 12.0 Å². The smallest absolute Gasteiger partial charge is 0.317 e. The zero-order chi connectivity index (χ0) is 14.5. The van der Waals surface area contributed by atoms with Crippen LogP contribution in [0.5, 0.6) is 0 Å². The van der Waals surface area contributed by atoms with Crippen LogP contribution < -0.4 is 5.32 Å². The van der Waals surface area contributed by atoms with Crippen LogP contribution in [0.3, 0.4) is 0 Å². The van der Waals surface area contributed by atoms with Gasteiger partial charge in [-0.15, -0.1) is 0 Å². The zero-order valence-electron chi connectivity index (χ0n) is 11.5. The van der Waals surface area contributed by atoms with Crippen molar-refractivity contribution < 1.29 is 14.7 Å². The predicted molar refractivity (Wildman–Crippen MR) is 73.1 cm³/mol. The van der Waals surface area contributed by atoms with E-state index < -0.39 is 11.9 Å². The second-order valence-electron chi connectivity index (χ2n) is 5.08. The van der Waals surface area contributed by atoms with Gasteiger partial charge in [-0.3, -0.25) is 9.78 Å². The second kappa shape index (κ2) is 6.36. The number of urea groups is 1. The maximum Gasteiger partial charge on any atom is 0.317 e. The summed E-state index contributed by atoms with van der Waals surface area (Å²) in [5, 5.41) is 11.9. The molecule has 0 spiro atoms. The molecule has 2 atom stereocenters. The summed E-state index contributed by atoms with van der Waals surface area (Å²) in [4.78, 5) is 28.7. The molecule has 2 N–H and O–H groups in total. The van der Waals surface area contributed by atoms with Crippen LogP contribution in [0, 0.1) is 5.92 Å². The Balaban J connectivity index is 1.93. The average Bonchev–Trinajstić information content (AvgIpc) is 2.48. The monoisotopic (exact) mass is 277 g/mol. The van der Waals surface area contributed by atoms with Gasteiger partial charge in [-0.05, 0) is 31.4 Å². The van der Waals surface area contributed by atoms with Crippen LogP contribution in [0.15, 0.2) is 24.5 Å². The van der Waals surface area contributed by atoms with Crippen LogP contribution in [0.2, 0.25) is 0 Å². The third kappa shape index (κ3) is 3.46. The highest BCUT2D eigenvalue weighted by Gasteiger charge is 2.28. The van der Waals surface area contributed by atoms with E-state index in [1.54, 1.807) is 17.3 Å². The van der Waals surface area contributed by atoms with Gasteiger partial charge in [-0.1, -0.05) is 6.07 Å². The van der Waals surface area contributed by atoms with Crippen molar-refractivity contribution in [1.29, 1.82) is 0 Å². The van der Waals surface area contributed by atoms with Crippen LogP contribution in [-0.2, 0) is 4.79 Å². The summed E-state index contributed by atoms with van der Waals surface area (Å²) in [5.74, 6) is -1.29. The number of carbonyl (C=O) groups is 2. The Morgan fingerprint density at radius 3 is 3.00 bits per heavy atom. The fourth-order valence-corrected chi connectivity index (χ4v) is 2.36. The Hall–Kier alpha value is -2.11. The molecule has 1 aliphatic rings. The number of carboxylic acid groups (broad SMARTS) is 1. The summed E-state index contributed by atoms with van der Waals surface area (Å²) in [6.07, 6.45) is 4.75. The fourth-order valence-electron chi connectivity index (χ4n) is 2.36. The number of nitrogens with zero attached hydrogens (tertiary/aromatic N) is 2. The molecule has 0 radical (unpaired) electrons. The molecule has 1 aromatic heterocycles. The lowest BCUT2D eigenvalue weighted by Crippen LogP contribution is -2.47. The van der Waals surface area contributed by atoms with Crippen LogP contribution in [0.4, 0.5) is 4.79 Å². The molecular weight excluding hydrogens is 258 g/mol. The van der Waals surface area contributed by atoms with Crippen LogP contribution >= 0.6 is 0 Å².